The number of halogens is 2. The Balaban J connectivity index is 0.000000360. The van der Waals surface area contributed by atoms with Gasteiger partial charge in [-0.2, -0.15) is 11.1 Å². The van der Waals surface area contributed by atoms with Crippen molar-refractivity contribution in [2.45, 2.75) is 68.2 Å². The van der Waals surface area contributed by atoms with Crippen LogP contribution in [0.1, 0.15) is 68.2 Å². The molecule has 0 nitrogen and oxygen atoms in total. The van der Waals surface area contributed by atoms with E-state index >= 15 is 0 Å². The monoisotopic (exact) mass is 430 g/mol. The molecule has 0 N–H and O–H groups in total. The van der Waals surface area contributed by atoms with Gasteiger partial charge in [-0.05, 0) is 11.8 Å². The van der Waals surface area contributed by atoms with Crippen LogP contribution in [0.5, 0.6) is 0 Å². The van der Waals surface area contributed by atoms with Gasteiger partial charge in [0.15, 0.2) is 0 Å². The Hall–Kier alpha value is 0.423. The Morgan fingerprint density at radius 2 is 1.00 bits per heavy atom. The Morgan fingerprint density at radius 1 is 0.739 bits per heavy atom. The maximum atomic E-state index is 4.93. The average molecular weight is 433 g/mol. The summed E-state index contributed by atoms with van der Waals surface area (Å²) in [6.07, 6.45) is 9.11. The van der Waals surface area contributed by atoms with E-state index in [1.54, 1.807) is 0 Å². The van der Waals surface area contributed by atoms with E-state index in [0.29, 0.717) is 11.8 Å². The molecule has 0 fully saturated rings. The van der Waals surface area contributed by atoms with Crippen LogP contribution < -0.4 is 0 Å². The van der Waals surface area contributed by atoms with Gasteiger partial charge in [0.2, 0.25) is 0 Å². The van der Waals surface area contributed by atoms with E-state index in [1.807, 2.05) is 0 Å². The first-order chi connectivity index (χ1) is 10.6. The van der Waals surface area contributed by atoms with Crippen molar-refractivity contribution in [3.63, 3.8) is 0 Å². The molecule has 2 rings (SSSR count). The molecule has 23 heavy (non-hydrogen) atoms. The second kappa shape index (κ2) is 11.9. The van der Waals surface area contributed by atoms with Crippen molar-refractivity contribution in [3.05, 3.63) is 45.6 Å². The molecule has 0 aromatic rings. The molecule has 128 valence electrons. The zero-order chi connectivity index (χ0) is 18.2. The van der Waals surface area contributed by atoms with Crippen molar-refractivity contribution >= 4 is 17.0 Å². The second-order valence-electron chi connectivity index (χ2n) is 6.85. The molecule has 0 aromatic heterocycles. The molecule has 0 aromatic carbocycles. The molecule has 0 spiro atoms. The molecule has 0 unspecified atom stereocenters. The molecule has 0 aliphatic heterocycles. The van der Waals surface area contributed by atoms with E-state index in [0.717, 1.165) is 12.8 Å². The van der Waals surface area contributed by atoms with Crippen LogP contribution in [0.3, 0.4) is 0 Å². The molecule has 0 amide bonds. The van der Waals surface area contributed by atoms with E-state index in [-0.39, 0.29) is 0 Å². The van der Waals surface area contributed by atoms with Crippen LogP contribution in [-0.4, -0.2) is 0 Å². The Bertz CT molecular complexity index is 460. The Labute approximate surface area is 162 Å². The number of hydrogen-bond acceptors (Lipinski definition) is 0. The number of allylic oxidation sites excluding steroid dienone is 8. The van der Waals surface area contributed by atoms with E-state index in [2.05, 4.69) is 67.5 Å². The molecule has 0 radical (unpaired) electrons. The van der Waals surface area contributed by atoms with Gasteiger partial charge in [-0.3, -0.25) is 0 Å². The normalized spacial score (nSPS) is 16.7. The van der Waals surface area contributed by atoms with Crippen molar-refractivity contribution in [1.82, 2.24) is 0 Å². The summed E-state index contributed by atoms with van der Waals surface area (Å²) >= 11 is -0.826. The minimum atomic E-state index is -0.826. The summed E-state index contributed by atoms with van der Waals surface area (Å²) in [4.78, 5) is 0. The summed E-state index contributed by atoms with van der Waals surface area (Å²) < 4.78 is 0. The predicted octanol–water partition coefficient (Wildman–Crippen LogP) is 7.60. The van der Waals surface area contributed by atoms with Crippen LogP contribution in [-0.2, 0) is 20.8 Å². The van der Waals surface area contributed by atoms with Gasteiger partial charge >= 0.3 is 37.9 Å². The minimum absolute atomic E-state index is 0.674. The topological polar surface area (TPSA) is 0 Å². The molecule has 0 saturated heterocycles. The van der Waals surface area contributed by atoms with Crippen LogP contribution in [0.2, 0.25) is 0 Å². The van der Waals surface area contributed by atoms with Crippen LogP contribution in [0.25, 0.3) is 0 Å². The third-order valence-electron chi connectivity index (χ3n) is 4.28. The van der Waals surface area contributed by atoms with Crippen LogP contribution in [0.4, 0.5) is 0 Å². The van der Waals surface area contributed by atoms with Gasteiger partial charge in [0.05, 0.1) is 0 Å². The van der Waals surface area contributed by atoms with Gasteiger partial charge in [0.25, 0.3) is 0 Å². The first-order valence-electron chi connectivity index (χ1n) is 8.18. The third-order valence-corrected chi connectivity index (χ3v) is 4.28. The fourth-order valence-corrected chi connectivity index (χ4v) is 2.32. The molecule has 0 saturated carbocycles. The van der Waals surface area contributed by atoms with E-state index in [1.165, 1.54) is 33.4 Å². The van der Waals surface area contributed by atoms with Crippen molar-refractivity contribution in [3.8, 4) is 0 Å². The fourth-order valence-electron chi connectivity index (χ4n) is 2.32. The SMILES string of the molecule is CC1=C(C)CC(C(C)C)=[C-]1.CC1=C(C)CC(C(C)C)=[C-]1.[Cl][Zr+2][Cl]. The first-order valence-corrected chi connectivity index (χ1v) is 14.5. The third kappa shape index (κ3) is 8.90. The quantitative estimate of drug-likeness (QED) is 0.394. The maximum absolute atomic E-state index is 4.93. The van der Waals surface area contributed by atoms with E-state index in [9.17, 15) is 0 Å². The summed E-state index contributed by atoms with van der Waals surface area (Å²) in [5, 5.41) is 0. The van der Waals surface area contributed by atoms with Crippen LogP contribution >= 0.6 is 17.0 Å². The zero-order valence-corrected chi connectivity index (χ0v) is 19.8. The van der Waals surface area contributed by atoms with Gasteiger partial charge in [-0.25, -0.2) is 34.4 Å². The first kappa shape index (κ1) is 23.4. The summed E-state index contributed by atoms with van der Waals surface area (Å²) in [5.74, 6) is 1.35. The number of rotatable bonds is 2. The standard InChI is InChI=1S/2C10H15.2ClH.Zr/c2*1-7(2)10-5-8(3)9(4)6-10;;;/h2*7H,5H2,1-4H3;2*1H;/q2*-1;;;+4/p-2. The van der Waals surface area contributed by atoms with Crippen molar-refractivity contribution in [1.29, 1.82) is 0 Å². The van der Waals surface area contributed by atoms with Gasteiger partial charge in [-0.1, -0.05) is 54.4 Å². The summed E-state index contributed by atoms with van der Waals surface area (Å²) in [5.41, 5.74) is 8.62. The molecule has 0 atom stereocenters. The van der Waals surface area contributed by atoms with Gasteiger partial charge < -0.3 is 0 Å². The van der Waals surface area contributed by atoms with E-state index < -0.39 is 20.8 Å². The van der Waals surface area contributed by atoms with Crippen molar-refractivity contribution < 1.29 is 20.8 Å². The average Bonchev–Trinajstić information content (AvgIpc) is 2.96. The second-order valence-corrected chi connectivity index (χ2v) is 10.6. The van der Waals surface area contributed by atoms with Gasteiger partial charge in [0, 0.05) is 0 Å². The summed E-state index contributed by atoms with van der Waals surface area (Å²) in [6.45, 7) is 17.6. The Morgan fingerprint density at radius 3 is 1.09 bits per heavy atom. The molecule has 3 heteroatoms. The van der Waals surface area contributed by atoms with Crippen molar-refractivity contribution in [2.24, 2.45) is 11.8 Å². The zero-order valence-electron chi connectivity index (χ0n) is 15.8. The van der Waals surface area contributed by atoms with E-state index in [4.69, 9.17) is 17.0 Å². The van der Waals surface area contributed by atoms with Gasteiger partial charge in [-0.15, -0.1) is 13.8 Å². The number of hydrogen-bond donors (Lipinski definition) is 0. The molecular formula is C20H30Cl2Zr. The molecular weight excluding hydrogens is 402 g/mol. The predicted molar refractivity (Wildman–Crippen MR) is 101 cm³/mol. The summed E-state index contributed by atoms with van der Waals surface area (Å²) in [7, 11) is 9.87. The van der Waals surface area contributed by atoms with Gasteiger partial charge in [0.1, 0.15) is 0 Å². The molecule has 2 aliphatic rings. The molecule has 0 bridgehead atoms. The van der Waals surface area contributed by atoms with Crippen LogP contribution in [0.15, 0.2) is 33.4 Å². The van der Waals surface area contributed by atoms with Crippen molar-refractivity contribution in [2.75, 3.05) is 0 Å². The Kier molecular flexibility index (Phi) is 12.1. The van der Waals surface area contributed by atoms with Crippen LogP contribution in [0, 0.1) is 24.0 Å². The molecule has 2 aliphatic carbocycles. The fraction of sp³-hybridized carbons (Fsp3) is 0.600. The summed E-state index contributed by atoms with van der Waals surface area (Å²) in [6, 6.07) is 0. The molecule has 0 heterocycles.